The lowest BCUT2D eigenvalue weighted by Gasteiger charge is -2.35. The van der Waals surface area contributed by atoms with Crippen LogP contribution >= 0.6 is 0 Å². The van der Waals surface area contributed by atoms with E-state index in [1.165, 1.54) is 12.1 Å². The minimum Gasteiger partial charge on any atom is -0.447 e. The third-order valence-electron chi connectivity index (χ3n) is 6.54. The smallest absolute Gasteiger partial charge is 0.447 e. The maximum absolute atomic E-state index is 14.8. The highest BCUT2D eigenvalue weighted by Gasteiger charge is 2.76. The number of carbonyl (C=O) groups excluding carboxylic acids is 1. The van der Waals surface area contributed by atoms with Crippen molar-refractivity contribution in [1.82, 2.24) is 5.32 Å². The lowest BCUT2D eigenvalue weighted by atomic mass is 9.86. The molecule has 2 atom stereocenters. The zero-order valence-corrected chi connectivity index (χ0v) is 20.7. The van der Waals surface area contributed by atoms with Gasteiger partial charge in [0.2, 0.25) is 0 Å². The number of nitrogens with one attached hydrogen (secondary N) is 1. The van der Waals surface area contributed by atoms with E-state index in [2.05, 4.69) is 15.2 Å². The standard InChI is InChI=1S/C25H18F11N3O3/c26-15-5-6-17(16(27)11-15)39-18(14-3-1-12(2-4-14)13-7-9-37-10-8-13)19(42-21(40)23(28,29)30)20(38-39)22(41,24(31,32)33)25(34,35)36/h1-7,11,18-19,37,41H,8-10H2. The third-order valence-corrected chi connectivity index (χ3v) is 6.54. The summed E-state index contributed by atoms with van der Waals surface area (Å²) in [5.74, 6) is -6.03. The number of hydrogen-bond acceptors (Lipinski definition) is 6. The Labute approximate surface area is 229 Å². The molecule has 4 rings (SSSR count). The van der Waals surface area contributed by atoms with E-state index < -0.39 is 65.3 Å². The van der Waals surface area contributed by atoms with E-state index >= 15 is 0 Å². The molecule has 0 fully saturated rings. The number of nitrogens with zero attached hydrogens (tertiary/aromatic N) is 2. The highest BCUT2D eigenvalue weighted by Crippen LogP contribution is 2.50. The molecule has 2 heterocycles. The molecular formula is C25H18F11N3O3. The van der Waals surface area contributed by atoms with Gasteiger partial charge in [0.25, 0.3) is 0 Å². The number of halogens is 11. The van der Waals surface area contributed by atoms with E-state index in [4.69, 9.17) is 0 Å². The Kier molecular flexibility index (Phi) is 8.05. The van der Waals surface area contributed by atoms with Gasteiger partial charge in [0.05, 0.1) is 5.69 Å². The van der Waals surface area contributed by atoms with Crippen LogP contribution in [0.25, 0.3) is 5.57 Å². The van der Waals surface area contributed by atoms with Crippen molar-refractivity contribution in [2.75, 3.05) is 18.1 Å². The summed E-state index contributed by atoms with van der Waals surface area (Å²) in [6.07, 6.45) is -20.2. The van der Waals surface area contributed by atoms with Crippen molar-refractivity contribution < 1.29 is 62.9 Å². The largest absolute Gasteiger partial charge is 0.490 e. The number of esters is 1. The average molecular weight is 617 g/mol. The van der Waals surface area contributed by atoms with Gasteiger partial charge in [-0.3, -0.25) is 5.01 Å². The van der Waals surface area contributed by atoms with Crippen LogP contribution < -0.4 is 10.3 Å². The number of ether oxygens (including phenoxy) is 1. The van der Waals surface area contributed by atoms with Crippen molar-refractivity contribution in [3.05, 3.63) is 71.3 Å². The Morgan fingerprint density at radius 3 is 2.07 bits per heavy atom. The molecule has 0 bridgehead atoms. The quantitative estimate of drug-likeness (QED) is 0.338. The number of hydrogen-bond donors (Lipinski definition) is 2. The Morgan fingerprint density at radius 2 is 1.57 bits per heavy atom. The van der Waals surface area contributed by atoms with Crippen molar-refractivity contribution in [1.29, 1.82) is 0 Å². The third kappa shape index (κ3) is 5.66. The monoisotopic (exact) mass is 617 g/mol. The maximum atomic E-state index is 14.8. The topological polar surface area (TPSA) is 74.2 Å². The van der Waals surface area contributed by atoms with Crippen LogP contribution in [0.5, 0.6) is 0 Å². The van der Waals surface area contributed by atoms with E-state index in [1.807, 2.05) is 0 Å². The van der Waals surface area contributed by atoms with Crippen molar-refractivity contribution in [3.8, 4) is 0 Å². The first-order chi connectivity index (χ1) is 19.4. The fourth-order valence-electron chi connectivity index (χ4n) is 4.51. The molecular weight excluding hydrogens is 599 g/mol. The number of benzene rings is 2. The predicted molar refractivity (Wildman–Crippen MR) is 124 cm³/mol. The van der Waals surface area contributed by atoms with Gasteiger partial charge in [-0.25, -0.2) is 13.6 Å². The fourth-order valence-corrected chi connectivity index (χ4v) is 4.51. The number of hydrazone groups is 1. The van der Waals surface area contributed by atoms with Gasteiger partial charge in [0.1, 0.15) is 17.6 Å². The van der Waals surface area contributed by atoms with Gasteiger partial charge >= 0.3 is 30.1 Å². The van der Waals surface area contributed by atoms with Crippen LogP contribution in [-0.4, -0.2) is 60.1 Å². The summed E-state index contributed by atoms with van der Waals surface area (Å²) < 4.78 is 155. The van der Waals surface area contributed by atoms with E-state index in [9.17, 15) is 58.2 Å². The molecule has 0 radical (unpaired) electrons. The molecule has 42 heavy (non-hydrogen) atoms. The van der Waals surface area contributed by atoms with Gasteiger partial charge in [-0.15, -0.1) is 0 Å². The van der Waals surface area contributed by atoms with Gasteiger partial charge in [0, 0.05) is 12.6 Å². The molecule has 0 aromatic heterocycles. The fraction of sp³-hybridized carbons (Fsp3) is 0.360. The van der Waals surface area contributed by atoms with Crippen LogP contribution in [-0.2, 0) is 9.53 Å². The van der Waals surface area contributed by atoms with Gasteiger partial charge in [0.15, 0.2) is 11.9 Å². The molecule has 0 spiro atoms. The molecule has 2 unspecified atom stereocenters. The molecule has 0 saturated carbocycles. The van der Waals surface area contributed by atoms with Crippen molar-refractivity contribution in [3.63, 3.8) is 0 Å². The highest BCUT2D eigenvalue weighted by molar-refractivity contribution is 6.02. The van der Waals surface area contributed by atoms with Crippen LogP contribution in [0.2, 0.25) is 0 Å². The predicted octanol–water partition coefficient (Wildman–Crippen LogP) is 5.59. The normalized spacial score (nSPS) is 20.3. The first-order valence-electron chi connectivity index (χ1n) is 11.8. The molecule has 17 heteroatoms. The first-order valence-corrected chi connectivity index (χ1v) is 11.8. The Bertz CT molecular complexity index is 1390. The van der Waals surface area contributed by atoms with Crippen LogP contribution in [0.15, 0.2) is 53.6 Å². The van der Waals surface area contributed by atoms with E-state index in [0.717, 1.165) is 17.7 Å². The SMILES string of the molecule is O=C(OC1C(C(O)(C(F)(F)F)C(F)(F)F)=NN(c2ccc(F)cc2F)C1c1ccc(C2=CCNCC2)cc1)C(F)(F)F. The van der Waals surface area contributed by atoms with Crippen molar-refractivity contribution in [2.45, 2.75) is 42.7 Å². The second-order valence-electron chi connectivity index (χ2n) is 9.21. The summed E-state index contributed by atoms with van der Waals surface area (Å²) in [5, 5.41) is 16.3. The van der Waals surface area contributed by atoms with Gasteiger partial charge in [-0.2, -0.15) is 44.6 Å². The average Bonchev–Trinajstić information content (AvgIpc) is 3.25. The lowest BCUT2D eigenvalue weighted by molar-refractivity contribution is -0.339. The number of anilines is 1. The van der Waals surface area contributed by atoms with Crippen LogP contribution in [0.4, 0.5) is 54.0 Å². The minimum atomic E-state index is -6.67. The summed E-state index contributed by atoms with van der Waals surface area (Å²) in [5.41, 5.74) is -8.55. The molecule has 0 saturated heterocycles. The Balaban J connectivity index is 1.96. The highest BCUT2D eigenvalue weighted by atomic mass is 19.4. The summed E-state index contributed by atoms with van der Waals surface area (Å²) in [7, 11) is 0. The second kappa shape index (κ2) is 10.8. The van der Waals surface area contributed by atoms with Crippen LogP contribution in [0.1, 0.15) is 23.6 Å². The Morgan fingerprint density at radius 1 is 0.952 bits per heavy atom. The van der Waals surface area contributed by atoms with Gasteiger partial charge < -0.3 is 15.2 Å². The minimum absolute atomic E-state index is 0.0691. The number of carbonyl (C=O) groups is 1. The number of aliphatic hydroxyl groups is 1. The molecule has 2 aliphatic heterocycles. The first kappa shape index (κ1) is 31.2. The zero-order chi connectivity index (χ0) is 31.3. The summed E-state index contributed by atoms with van der Waals surface area (Å²) in [6, 6.07) is 3.81. The molecule has 0 aliphatic carbocycles. The van der Waals surface area contributed by atoms with Crippen LogP contribution in [0.3, 0.4) is 0 Å². The van der Waals surface area contributed by atoms with Crippen LogP contribution in [0, 0.1) is 11.6 Å². The molecule has 228 valence electrons. The van der Waals surface area contributed by atoms with E-state index in [0.29, 0.717) is 37.2 Å². The maximum Gasteiger partial charge on any atom is 0.490 e. The zero-order valence-electron chi connectivity index (χ0n) is 20.7. The Hall–Kier alpha value is -3.73. The summed E-state index contributed by atoms with van der Waals surface area (Å²) in [6.45, 7) is 1.06. The molecule has 6 nitrogen and oxygen atoms in total. The molecule has 2 aromatic rings. The van der Waals surface area contributed by atoms with E-state index in [1.54, 1.807) is 6.08 Å². The number of rotatable bonds is 5. The van der Waals surface area contributed by atoms with E-state index in [-0.39, 0.29) is 16.6 Å². The molecule has 2 aromatic carbocycles. The molecule has 0 amide bonds. The van der Waals surface area contributed by atoms with Crippen molar-refractivity contribution >= 4 is 22.9 Å². The van der Waals surface area contributed by atoms with Crippen molar-refractivity contribution in [2.24, 2.45) is 5.10 Å². The second-order valence-corrected chi connectivity index (χ2v) is 9.21. The number of alkyl halides is 9. The van der Waals surface area contributed by atoms with Gasteiger partial charge in [-0.05, 0) is 41.8 Å². The summed E-state index contributed by atoms with van der Waals surface area (Å²) >= 11 is 0. The lowest BCUT2D eigenvalue weighted by Crippen LogP contribution is -2.65. The molecule has 2 aliphatic rings. The summed E-state index contributed by atoms with van der Waals surface area (Å²) in [4.78, 5) is 11.8. The van der Waals surface area contributed by atoms with Gasteiger partial charge in [-0.1, -0.05) is 30.3 Å². The molecule has 2 N–H and O–H groups in total.